The Bertz CT molecular complexity index is 1660. The van der Waals surface area contributed by atoms with E-state index in [0.29, 0.717) is 24.3 Å². The van der Waals surface area contributed by atoms with E-state index >= 15 is 0 Å². The van der Waals surface area contributed by atoms with Gasteiger partial charge in [-0.3, -0.25) is 14.4 Å². The maximum atomic E-state index is 14.2. The van der Waals surface area contributed by atoms with Crippen LogP contribution < -0.4 is 4.74 Å². The average Bonchev–Trinajstić information content (AvgIpc) is 3.58. The highest BCUT2D eigenvalue weighted by Crippen LogP contribution is 2.33. The van der Waals surface area contributed by atoms with Gasteiger partial charge in [0.05, 0.1) is 19.1 Å². The number of para-hydroxylation sites is 1. The number of rotatable bonds is 15. The van der Waals surface area contributed by atoms with E-state index in [-0.39, 0.29) is 0 Å². The van der Waals surface area contributed by atoms with Gasteiger partial charge in [-0.25, -0.2) is 9.59 Å². The number of carbonyl (C=O) groups excluding carboxylic acids is 4. The van der Waals surface area contributed by atoms with E-state index in [1.54, 1.807) is 39.8 Å². The first-order valence-corrected chi connectivity index (χ1v) is 16.4. The van der Waals surface area contributed by atoms with E-state index in [1.165, 1.54) is 4.90 Å². The molecule has 13 heteroatoms. The summed E-state index contributed by atoms with van der Waals surface area (Å²) in [6, 6.07) is 25.6. The largest absolute Gasteiger partial charge is 0.477 e. The van der Waals surface area contributed by atoms with Crippen LogP contribution in [0.15, 0.2) is 84.9 Å². The van der Waals surface area contributed by atoms with Gasteiger partial charge in [0.1, 0.15) is 18.0 Å². The van der Waals surface area contributed by atoms with Crippen molar-refractivity contribution in [1.29, 1.82) is 0 Å². The predicted molar refractivity (Wildman–Crippen MR) is 181 cm³/mol. The van der Waals surface area contributed by atoms with Gasteiger partial charge < -0.3 is 38.4 Å². The van der Waals surface area contributed by atoms with Crippen LogP contribution in [0.4, 0.5) is 0 Å². The third kappa shape index (κ3) is 9.92. The first-order chi connectivity index (χ1) is 24.2. The van der Waals surface area contributed by atoms with Crippen molar-refractivity contribution in [3.8, 4) is 11.5 Å². The van der Waals surface area contributed by atoms with E-state index in [4.69, 9.17) is 23.7 Å². The molecule has 4 atom stereocenters. The minimum Gasteiger partial charge on any atom is -0.477 e. The van der Waals surface area contributed by atoms with Crippen molar-refractivity contribution in [1.82, 2.24) is 4.90 Å². The summed E-state index contributed by atoms with van der Waals surface area (Å²) in [5.41, 5.74) is 1.03. The zero-order chi connectivity index (χ0) is 37.2. The number of benzene rings is 3. The van der Waals surface area contributed by atoms with Crippen LogP contribution in [0, 0.1) is 5.41 Å². The second kappa shape index (κ2) is 17.1. The Morgan fingerprint density at radius 1 is 0.902 bits per heavy atom. The number of nitrogens with zero attached hydrogens (tertiary/aromatic N) is 1. The Balaban J connectivity index is 1.64. The molecular formula is C38H43NO12. The van der Waals surface area contributed by atoms with Gasteiger partial charge in [0.25, 0.3) is 5.91 Å². The molecule has 1 N–H and O–H groups in total. The van der Waals surface area contributed by atoms with Crippen molar-refractivity contribution in [2.24, 2.45) is 5.41 Å². The Hall–Kier alpha value is -5.27. The number of carboxylic acid groups (broad SMARTS) is 1. The first-order valence-electron chi connectivity index (χ1n) is 16.4. The van der Waals surface area contributed by atoms with Crippen molar-refractivity contribution in [3.63, 3.8) is 0 Å². The van der Waals surface area contributed by atoms with Crippen molar-refractivity contribution < 1.29 is 57.5 Å². The summed E-state index contributed by atoms with van der Waals surface area (Å²) in [6.07, 6.45) is -0.457. The number of carbonyl (C=O) groups is 5. The fourth-order valence-electron chi connectivity index (χ4n) is 5.46. The molecule has 1 heterocycles. The molecule has 4 unspecified atom stereocenters. The van der Waals surface area contributed by atoms with Crippen LogP contribution in [0.2, 0.25) is 0 Å². The van der Waals surface area contributed by atoms with Crippen LogP contribution in [0.3, 0.4) is 0 Å². The summed E-state index contributed by atoms with van der Waals surface area (Å²) in [5, 5.41) is 9.79. The third-order valence-electron chi connectivity index (χ3n) is 8.31. The lowest BCUT2D eigenvalue weighted by Crippen LogP contribution is -2.52. The smallest absolute Gasteiger partial charge is 0.379 e. The summed E-state index contributed by atoms with van der Waals surface area (Å²) in [4.78, 5) is 65.3. The van der Waals surface area contributed by atoms with Gasteiger partial charge in [-0.2, -0.15) is 0 Å². The molecule has 0 aliphatic carbocycles. The molecule has 0 aromatic heterocycles. The lowest BCUT2D eigenvalue weighted by atomic mass is 9.85. The standard InChI is InChI=1S/C38H43NO12/c1-25(30(21-16-26-12-8-6-9-13-26)27-17-19-29(20-18-27)50-28-14-10-7-11-15-28)39(22-32(40)47-24-48-35(44)37(2,3)4)33(41)31-23-49-38(51-31,34(42)43)36(45)46-5/h6-15,17-20,25,30-31H,16,21-24H2,1-5H3,(H,42,43). The van der Waals surface area contributed by atoms with Crippen LogP contribution >= 0.6 is 0 Å². The second-order valence-electron chi connectivity index (χ2n) is 13.0. The summed E-state index contributed by atoms with van der Waals surface area (Å²) < 4.78 is 31.5. The molecule has 1 fully saturated rings. The van der Waals surface area contributed by atoms with Gasteiger partial charge in [-0.05, 0) is 75.9 Å². The number of aliphatic carboxylic acids is 1. The van der Waals surface area contributed by atoms with Crippen molar-refractivity contribution in [2.75, 3.05) is 27.1 Å². The number of amides is 1. The highest BCUT2D eigenvalue weighted by Gasteiger charge is 2.59. The molecule has 51 heavy (non-hydrogen) atoms. The van der Waals surface area contributed by atoms with E-state index in [2.05, 4.69) is 4.74 Å². The van der Waals surface area contributed by atoms with Gasteiger partial charge in [0.15, 0.2) is 6.10 Å². The number of methoxy groups -OCH3 is 1. The predicted octanol–water partition coefficient (Wildman–Crippen LogP) is 4.87. The van der Waals surface area contributed by atoms with Crippen LogP contribution in [-0.4, -0.2) is 84.8 Å². The van der Waals surface area contributed by atoms with E-state index in [1.807, 2.05) is 72.8 Å². The minimum absolute atomic E-state index is 0.390. The summed E-state index contributed by atoms with van der Waals surface area (Å²) in [7, 11) is 0.958. The molecule has 1 amide bonds. The average molecular weight is 706 g/mol. The fraction of sp³-hybridized carbons (Fsp3) is 0.395. The Kier molecular flexibility index (Phi) is 12.9. The van der Waals surface area contributed by atoms with Gasteiger partial charge in [-0.1, -0.05) is 60.7 Å². The SMILES string of the molecule is COC(=O)C1(C(=O)O)OCC(C(=O)N(CC(=O)OCOC(=O)C(C)(C)C)C(C)C(CCc2ccccc2)c2ccc(Oc3ccccc3)cc2)O1. The number of aryl methyl sites for hydroxylation is 1. The topological polar surface area (TPSA) is 164 Å². The first kappa shape index (κ1) is 38.5. The van der Waals surface area contributed by atoms with E-state index in [9.17, 15) is 29.1 Å². The molecule has 0 spiro atoms. The molecular weight excluding hydrogens is 662 g/mol. The lowest BCUT2D eigenvalue weighted by Gasteiger charge is -2.36. The number of hydrogen-bond donors (Lipinski definition) is 1. The number of esters is 3. The van der Waals surface area contributed by atoms with Crippen LogP contribution in [0.1, 0.15) is 51.2 Å². The van der Waals surface area contributed by atoms with Gasteiger partial charge >= 0.3 is 29.7 Å². The number of hydrogen-bond acceptors (Lipinski definition) is 11. The zero-order valence-electron chi connectivity index (χ0n) is 29.2. The fourth-order valence-corrected chi connectivity index (χ4v) is 5.46. The molecule has 3 aromatic rings. The monoisotopic (exact) mass is 705 g/mol. The molecule has 0 saturated carbocycles. The van der Waals surface area contributed by atoms with Gasteiger partial charge in [-0.15, -0.1) is 0 Å². The van der Waals surface area contributed by atoms with Gasteiger partial charge in [0.2, 0.25) is 6.79 Å². The normalized spacial score (nSPS) is 18.2. The summed E-state index contributed by atoms with van der Waals surface area (Å²) in [6.45, 7) is 4.76. The highest BCUT2D eigenvalue weighted by molar-refractivity contribution is 6.02. The minimum atomic E-state index is -2.87. The molecule has 272 valence electrons. The van der Waals surface area contributed by atoms with Crippen molar-refractivity contribution in [2.45, 2.75) is 64.4 Å². The molecule has 3 aromatic carbocycles. The second-order valence-corrected chi connectivity index (χ2v) is 13.0. The molecule has 1 saturated heterocycles. The van der Waals surface area contributed by atoms with E-state index < -0.39 is 79.0 Å². The summed E-state index contributed by atoms with van der Waals surface area (Å²) in [5.74, 6) is -7.50. The van der Waals surface area contributed by atoms with Gasteiger partial charge in [0, 0.05) is 12.0 Å². The number of ether oxygens (including phenoxy) is 6. The molecule has 0 bridgehead atoms. The van der Waals surface area contributed by atoms with Crippen LogP contribution in [-0.2, 0) is 54.1 Å². The zero-order valence-corrected chi connectivity index (χ0v) is 29.2. The Morgan fingerprint density at radius 3 is 2.10 bits per heavy atom. The van der Waals surface area contributed by atoms with Crippen molar-refractivity contribution >= 4 is 29.8 Å². The molecule has 4 rings (SSSR count). The Labute approximate surface area is 296 Å². The lowest BCUT2D eigenvalue weighted by molar-refractivity contribution is -0.220. The van der Waals surface area contributed by atoms with E-state index in [0.717, 1.165) is 18.2 Å². The molecule has 1 aliphatic heterocycles. The number of carboxylic acids is 1. The van der Waals surface area contributed by atoms with Crippen molar-refractivity contribution in [3.05, 3.63) is 96.1 Å². The summed E-state index contributed by atoms with van der Waals surface area (Å²) >= 11 is 0. The third-order valence-corrected chi connectivity index (χ3v) is 8.31. The molecule has 0 radical (unpaired) electrons. The molecule has 1 aliphatic rings. The maximum Gasteiger partial charge on any atom is 0.379 e. The molecule has 13 nitrogen and oxygen atoms in total. The quantitative estimate of drug-likeness (QED) is 0.130. The Morgan fingerprint density at radius 2 is 1.51 bits per heavy atom. The van der Waals surface area contributed by atoms with Crippen LogP contribution in [0.25, 0.3) is 0 Å². The maximum absolute atomic E-state index is 14.2. The van der Waals surface area contributed by atoms with Crippen LogP contribution in [0.5, 0.6) is 11.5 Å². The highest BCUT2D eigenvalue weighted by atomic mass is 16.8.